The Morgan fingerprint density at radius 3 is 1.57 bits per heavy atom. The molecule has 2 nitrogen and oxygen atoms in total. The highest BCUT2D eigenvalue weighted by Gasteiger charge is 2.00. The van der Waals surface area contributed by atoms with E-state index in [1.807, 2.05) is 48.5 Å². The minimum absolute atomic E-state index is 0.568. The fourth-order valence-electron chi connectivity index (χ4n) is 2.20. The summed E-state index contributed by atoms with van der Waals surface area (Å²) >= 11 is 0. The zero-order chi connectivity index (χ0) is 16.1. The lowest BCUT2D eigenvalue weighted by Gasteiger charge is -2.09. The van der Waals surface area contributed by atoms with E-state index in [4.69, 9.17) is 9.47 Å². The zero-order valence-corrected chi connectivity index (χ0v) is 13.5. The van der Waals surface area contributed by atoms with Gasteiger partial charge in [-0.3, -0.25) is 0 Å². The predicted molar refractivity (Wildman–Crippen MR) is 93.2 cm³/mol. The van der Waals surface area contributed by atoms with Crippen molar-refractivity contribution in [2.45, 2.75) is 20.5 Å². The number of rotatable bonds is 5. The number of hydrogen-bond acceptors (Lipinski definition) is 2. The molecule has 0 unspecified atom stereocenters. The first kappa shape index (κ1) is 15.2. The molecule has 0 aromatic heterocycles. The molecule has 0 saturated heterocycles. The minimum Gasteiger partial charge on any atom is -0.489 e. The van der Waals surface area contributed by atoms with E-state index in [1.54, 1.807) is 0 Å². The Morgan fingerprint density at radius 2 is 1.00 bits per heavy atom. The van der Waals surface area contributed by atoms with Gasteiger partial charge >= 0.3 is 0 Å². The van der Waals surface area contributed by atoms with E-state index in [0.29, 0.717) is 6.61 Å². The monoisotopic (exact) mass is 304 g/mol. The minimum atomic E-state index is 0.568. The maximum Gasteiger partial charge on any atom is 0.127 e. The summed E-state index contributed by atoms with van der Waals surface area (Å²) < 4.78 is 11.6. The van der Waals surface area contributed by atoms with Crippen LogP contribution in [0.1, 0.15) is 16.7 Å². The molecule has 3 aromatic carbocycles. The van der Waals surface area contributed by atoms with Crippen LogP contribution in [0.2, 0.25) is 0 Å². The first-order chi connectivity index (χ1) is 11.2. The summed E-state index contributed by atoms with van der Waals surface area (Å²) in [6.45, 7) is 4.71. The van der Waals surface area contributed by atoms with Crippen LogP contribution in [0.3, 0.4) is 0 Å². The van der Waals surface area contributed by atoms with Crippen molar-refractivity contribution in [1.29, 1.82) is 0 Å². The Labute approximate surface area is 137 Å². The third-order valence-corrected chi connectivity index (χ3v) is 3.61. The maximum absolute atomic E-state index is 5.81. The molecular formula is C21H20O2. The van der Waals surface area contributed by atoms with Gasteiger partial charge in [0.15, 0.2) is 0 Å². The summed E-state index contributed by atoms with van der Waals surface area (Å²) in [7, 11) is 0. The van der Waals surface area contributed by atoms with Crippen LogP contribution in [0.25, 0.3) is 0 Å². The van der Waals surface area contributed by atoms with Crippen LogP contribution in [0.4, 0.5) is 0 Å². The lowest BCUT2D eigenvalue weighted by molar-refractivity contribution is 0.306. The smallest absolute Gasteiger partial charge is 0.127 e. The average molecular weight is 304 g/mol. The van der Waals surface area contributed by atoms with Gasteiger partial charge in [-0.25, -0.2) is 0 Å². The summed E-state index contributed by atoms with van der Waals surface area (Å²) in [5.74, 6) is 2.47. The van der Waals surface area contributed by atoms with Crippen LogP contribution in [0.5, 0.6) is 17.2 Å². The van der Waals surface area contributed by atoms with Gasteiger partial charge in [-0.05, 0) is 55.8 Å². The molecule has 0 radical (unpaired) electrons. The van der Waals surface area contributed by atoms with E-state index in [-0.39, 0.29) is 0 Å². The Kier molecular flexibility index (Phi) is 4.62. The van der Waals surface area contributed by atoms with Crippen molar-refractivity contribution < 1.29 is 9.47 Å². The summed E-state index contributed by atoms with van der Waals surface area (Å²) in [5, 5.41) is 0. The summed E-state index contributed by atoms with van der Waals surface area (Å²) in [6, 6.07) is 24.1. The van der Waals surface area contributed by atoms with Crippen molar-refractivity contribution in [3.05, 3.63) is 89.5 Å². The second-order valence-electron chi connectivity index (χ2n) is 5.66. The van der Waals surface area contributed by atoms with Crippen LogP contribution in [0, 0.1) is 13.8 Å². The van der Waals surface area contributed by atoms with Crippen molar-refractivity contribution in [1.82, 2.24) is 0 Å². The van der Waals surface area contributed by atoms with E-state index in [1.165, 1.54) is 11.1 Å². The lowest BCUT2D eigenvalue weighted by Crippen LogP contribution is -1.95. The van der Waals surface area contributed by atoms with Crippen LogP contribution >= 0.6 is 0 Å². The van der Waals surface area contributed by atoms with Gasteiger partial charge in [0.2, 0.25) is 0 Å². The summed E-state index contributed by atoms with van der Waals surface area (Å²) in [4.78, 5) is 0. The lowest BCUT2D eigenvalue weighted by atomic mass is 10.2. The molecule has 0 aliphatic heterocycles. The topological polar surface area (TPSA) is 18.5 Å². The molecule has 116 valence electrons. The number of hydrogen-bond donors (Lipinski definition) is 0. The van der Waals surface area contributed by atoms with Gasteiger partial charge in [-0.1, -0.05) is 47.5 Å². The molecule has 0 aliphatic rings. The fraction of sp³-hybridized carbons (Fsp3) is 0.143. The highest BCUT2D eigenvalue weighted by molar-refractivity contribution is 5.36. The third kappa shape index (κ3) is 4.36. The number of benzene rings is 3. The first-order valence-corrected chi connectivity index (χ1v) is 7.72. The summed E-state index contributed by atoms with van der Waals surface area (Å²) in [6.07, 6.45) is 0. The van der Waals surface area contributed by atoms with Gasteiger partial charge in [-0.15, -0.1) is 0 Å². The Bertz CT molecular complexity index is 741. The highest BCUT2D eigenvalue weighted by Crippen LogP contribution is 2.24. The van der Waals surface area contributed by atoms with Gasteiger partial charge in [0, 0.05) is 0 Å². The second kappa shape index (κ2) is 7.01. The zero-order valence-electron chi connectivity index (χ0n) is 13.5. The van der Waals surface area contributed by atoms with Crippen LogP contribution in [0.15, 0.2) is 72.8 Å². The SMILES string of the molecule is Cc1ccc(COc2ccc(Oc3ccc(C)cc3)cc2)cc1. The molecule has 0 amide bonds. The molecule has 2 heteroatoms. The molecule has 23 heavy (non-hydrogen) atoms. The van der Waals surface area contributed by atoms with E-state index < -0.39 is 0 Å². The van der Waals surface area contributed by atoms with Gasteiger partial charge in [-0.2, -0.15) is 0 Å². The molecule has 0 saturated carbocycles. The van der Waals surface area contributed by atoms with Gasteiger partial charge in [0.05, 0.1) is 0 Å². The molecule has 0 atom stereocenters. The van der Waals surface area contributed by atoms with Crippen molar-refractivity contribution in [2.24, 2.45) is 0 Å². The van der Waals surface area contributed by atoms with E-state index in [2.05, 4.69) is 38.1 Å². The molecule has 0 aliphatic carbocycles. The van der Waals surface area contributed by atoms with Gasteiger partial charge < -0.3 is 9.47 Å². The molecule has 0 spiro atoms. The predicted octanol–water partition coefficient (Wildman–Crippen LogP) is 5.67. The van der Waals surface area contributed by atoms with Crippen LogP contribution in [-0.4, -0.2) is 0 Å². The van der Waals surface area contributed by atoms with E-state index in [9.17, 15) is 0 Å². The maximum atomic E-state index is 5.81. The Morgan fingerprint density at radius 1 is 0.565 bits per heavy atom. The highest BCUT2D eigenvalue weighted by atomic mass is 16.5. The molecule has 3 aromatic rings. The van der Waals surface area contributed by atoms with Crippen LogP contribution in [-0.2, 0) is 6.61 Å². The van der Waals surface area contributed by atoms with Crippen molar-refractivity contribution in [3.63, 3.8) is 0 Å². The van der Waals surface area contributed by atoms with E-state index in [0.717, 1.165) is 22.8 Å². The largest absolute Gasteiger partial charge is 0.489 e. The Balaban J connectivity index is 1.58. The van der Waals surface area contributed by atoms with Gasteiger partial charge in [0.1, 0.15) is 23.9 Å². The second-order valence-corrected chi connectivity index (χ2v) is 5.66. The molecule has 0 fully saturated rings. The molecule has 0 heterocycles. The molecule has 3 rings (SSSR count). The first-order valence-electron chi connectivity index (χ1n) is 7.72. The summed E-state index contributed by atoms with van der Waals surface area (Å²) in [5.41, 5.74) is 3.64. The van der Waals surface area contributed by atoms with Crippen molar-refractivity contribution in [2.75, 3.05) is 0 Å². The van der Waals surface area contributed by atoms with Crippen molar-refractivity contribution >= 4 is 0 Å². The third-order valence-electron chi connectivity index (χ3n) is 3.61. The normalized spacial score (nSPS) is 10.3. The average Bonchev–Trinajstić information content (AvgIpc) is 2.58. The number of ether oxygens (including phenoxy) is 2. The van der Waals surface area contributed by atoms with Crippen molar-refractivity contribution in [3.8, 4) is 17.2 Å². The van der Waals surface area contributed by atoms with Gasteiger partial charge in [0.25, 0.3) is 0 Å². The molecular weight excluding hydrogens is 284 g/mol. The molecule has 0 bridgehead atoms. The quantitative estimate of drug-likeness (QED) is 0.604. The fourth-order valence-corrected chi connectivity index (χ4v) is 2.20. The molecule has 0 N–H and O–H groups in total. The standard InChI is InChI=1S/C21H20O2/c1-16-3-7-18(8-4-16)15-22-19-11-13-21(14-12-19)23-20-9-5-17(2)6-10-20/h3-14H,15H2,1-2H3. The van der Waals surface area contributed by atoms with E-state index >= 15 is 0 Å². The number of aryl methyl sites for hydroxylation is 2. The van der Waals surface area contributed by atoms with Crippen LogP contribution < -0.4 is 9.47 Å². The Hall–Kier alpha value is -2.74.